The topological polar surface area (TPSA) is 103 Å². The standard InChI is InChI=1S/C14H14FN5/c15-11-6-4-9(5-7-11)10-2-1-3-12(8-10)19-14(18)20-13(16)17/h1-8H,(H6,16,17,18,19,20). The minimum atomic E-state index is -0.278. The Bertz CT molecular complexity index is 658. The molecule has 0 heterocycles. The molecule has 0 unspecified atom stereocenters. The monoisotopic (exact) mass is 271 g/mol. The Hall–Kier alpha value is -2.89. The molecule has 5 nitrogen and oxygen atoms in total. The zero-order valence-electron chi connectivity index (χ0n) is 10.6. The molecule has 0 amide bonds. The molecule has 0 aromatic heterocycles. The van der Waals surface area contributed by atoms with Gasteiger partial charge in [-0.15, -0.1) is 0 Å². The molecular weight excluding hydrogens is 257 g/mol. The van der Waals surface area contributed by atoms with Crippen LogP contribution in [0.3, 0.4) is 0 Å². The zero-order chi connectivity index (χ0) is 14.5. The van der Waals surface area contributed by atoms with E-state index in [0.717, 1.165) is 11.1 Å². The molecule has 0 bridgehead atoms. The first-order valence-electron chi connectivity index (χ1n) is 5.84. The number of hydrogen-bond acceptors (Lipinski definition) is 1. The number of benzene rings is 2. The van der Waals surface area contributed by atoms with Crippen LogP contribution in [0.25, 0.3) is 11.1 Å². The zero-order valence-corrected chi connectivity index (χ0v) is 10.6. The Morgan fingerprint density at radius 3 is 2.25 bits per heavy atom. The van der Waals surface area contributed by atoms with Crippen LogP contribution in [0.15, 0.2) is 58.5 Å². The van der Waals surface area contributed by atoms with Crippen molar-refractivity contribution >= 4 is 17.6 Å². The van der Waals surface area contributed by atoms with Crippen molar-refractivity contribution in [3.63, 3.8) is 0 Å². The Morgan fingerprint density at radius 1 is 0.900 bits per heavy atom. The third-order valence-corrected chi connectivity index (χ3v) is 2.51. The van der Waals surface area contributed by atoms with Crippen molar-refractivity contribution in [3.05, 3.63) is 54.3 Å². The van der Waals surface area contributed by atoms with E-state index in [2.05, 4.69) is 9.98 Å². The largest absolute Gasteiger partial charge is 0.370 e. The fourth-order valence-electron chi connectivity index (χ4n) is 1.69. The van der Waals surface area contributed by atoms with Crippen LogP contribution in [0, 0.1) is 5.82 Å². The Morgan fingerprint density at radius 2 is 1.60 bits per heavy atom. The molecule has 0 aliphatic carbocycles. The molecule has 102 valence electrons. The number of nitrogens with two attached hydrogens (primary N) is 3. The van der Waals surface area contributed by atoms with Gasteiger partial charge < -0.3 is 17.2 Å². The molecule has 2 aromatic rings. The summed E-state index contributed by atoms with van der Waals surface area (Å²) in [6, 6.07) is 13.5. The normalized spacial score (nSPS) is 11.2. The van der Waals surface area contributed by atoms with Gasteiger partial charge in [0.1, 0.15) is 5.82 Å². The fraction of sp³-hybridized carbons (Fsp3) is 0. The van der Waals surface area contributed by atoms with Crippen molar-refractivity contribution in [1.29, 1.82) is 0 Å². The summed E-state index contributed by atoms with van der Waals surface area (Å²) in [5, 5.41) is 0. The summed E-state index contributed by atoms with van der Waals surface area (Å²) < 4.78 is 12.9. The third-order valence-electron chi connectivity index (χ3n) is 2.51. The second kappa shape index (κ2) is 5.83. The van der Waals surface area contributed by atoms with Crippen LogP contribution in [0.1, 0.15) is 0 Å². The van der Waals surface area contributed by atoms with E-state index in [4.69, 9.17) is 17.2 Å². The fourth-order valence-corrected chi connectivity index (χ4v) is 1.69. The molecule has 6 N–H and O–H groups in total. The highest BCUT2D eigenvalue weighted by Gasteiger charge is 2.00. The lowest BCUT2D eigenvalue weighted by molar-refractivity contribution is 0.628. The van der Waals surface area contributed by atoms with Crippen molar-refractivity contribution in [2.75, 3.05) is 0 Å². The molecule has 2 rings (SSSR count). The van der Waals surface area contributed by atoms with Gasteiger partial charge >= 0.3 is 0 Å². The first-order chi connectivity index (χ1) is 9.54. The summed E-state index contributed by atoms with van der Waals surface area (Å²) in [7, 11) is 0. The highest BCUT2D eigenvalue weighted by Crippen LogP contribution is 2.24. The SMILES string of the molecule is NC(N)=NC(N)=Nc1cccc(-c2ccc(F)cc2)c1. The van der Waals surface area contributed by atoms with E-state index in [1.165, 1.54) is 12.1 Å². The van der Waals surface area contributed by atoms with E-state index >= 15 is 0 Å². The van der Waals surface area contributed by atoms with Gasteiger partial charge in [-0.05, 0) is 35.4 Å². The van der Waals surface area contributed by atoms with Gasteiger partial charge in [0, 0.05) is 0 Å². The molecule has 20 heavy (non-hydrogen) atoms. The van der Waals surface area contributed by atoms with Crippen LogP contribution in [-0.2, 0) is 0 Å². The minimum absolute atomic E-state index is 0.0266. The second-order valence-corrected chi connectivity index (χ2v) is 4.06. The number of nitrogens with zero attached hydrogens (tertiary/aromatic N) is 2. The number of hydrogen-bond donors (Lipinski definition) is 3. The maximum Gasteiger partial charge on any atom is 0.223 e. The lowest BCUT2D eigenvalue weighted by Crippen LogP contribution is -2.26. The average molecular weight is 271 g/mol. The molecule has 0 radical (unpaired) electrons. The van der Waals surface area contributed by atoms with E-state index in [1.807, 2.05) is 18.2 Å². The third kappa shape index (κ3) is 3.55. The maximum atomic E-state index is 12.9. The first kappa shape index (κ1) is 13.5. The molecule has 6 heteroatoms. The molecule has 0 spiro atoms. The van der Waals surface area contributed by atoms with Gasteiger partial charge in [-0.1, -0.05) is 24.3 Å². The summed E-state index contributed by atoms with van der Waals surface area (Å²) in [6.07, 6.45) is 0. The molecule has 0 aliphatic heterocycles. The quantitative estimate of drug-likeness (QED) is 0.572. The van der Waals surface area contributed by atoms with Crippen molar-refractivity contribution in [2.24, 2.45) is 27.2 Å². The highest BCUT2D eigenvalue weighted by atomic mass is 19.1. The molecule has 0 atom stereocenters. The van der Waals surface area contributed by atoms with Crippen LogP contribution in [-0.4, -0.2) is 11.9 Å². The van der Waals surface area contributed by atoms with Gasteiger partial charge in [-0.25, -0.2) is 9.38 Å². The molecule has 0 fully saturated rings. The Kier molecular flexibility index (Phi) is 3.95. The number of aliphatic imine (C=N–C) groups is 2. The van der Waals surface area contributed by atoms with E-state index in [0.29, 0.717) is 5.69 Å². The van der Waals surface area contributed by atoms with Gasteiger partial charge in [-0.3, -0.25) is 0 Å². The number of guanidine groups is 2. The van der Waals surface area contributed by atoms with Crippen molar-refractivity contribution in [1.82, 2.24) is 0 Å². The van der Waals surface area contributed by atoms with E-state index in [-0.39, 0.29) is 17.7 Å². The van der Waals surface area contributed by atoms with Gasteiger partial charge in [-0.2, -0.15) is 4.99 Å². The van der Waals surface area contributed by atoms with Crippen LogP contribution >= 0.6 is 0 Å². The summed E-state index contributed by atoms with van der Waals surface area (Å²) in [5.41, 5.74) is 18.4. The second-order valence-electron chi connectivity index (χ2n) is 4.06. The summed E-state index contributed by atoms with van der Waals surface area (Å²) in [4.78, 5) is 7.71. The maximum absolute atomic E-state index is 12.9. The smallest absolute Gasteiger partial charge is 0.223 e. The van der Waals surface area contributed by atoms with Crippen molar-refractivity contribution < 1.29 is 4.39 Å². The number of halogens is 1. The number of rotatable bonds is 2. The predicted octanol–water partition coefficient (Wildman–Crippen LogP) is 1.71. The molecular formula is C14H14FN5. The van der Waals surface area contributed by atoms with Gasteiger partial charge in [0.2, 0.25) is 5.96 Å². The lowest BCUT2D eigenvalue weighted by Gasteiger charge is -2.03. The highest BCUT2D eigenvalue weighted by molar-refractivity contribution is 5.93. The van der Waals surface area contributed by atoms with Crippen LogP contribution in [0.2, 0.25) is 0 Å². The van der Waals surface area contributed by atoms with Crippen molar-refractivity contribution in [3.8, 4) is 11.1 Å². The minimum Gasteiger partial charge on any atom is -0.370 e. The molecule has 0 saturated carbocycles. The van der Waals surface area contributed by atoms with E-state index in [1.54, 1.807) is 18.2 Å². The van der Waals surface area contributed by atoms with Crippen LogP contribution in [0.4, 0.5) is 10.1 Å². The van der Waals surface area contributed by atoms with Crippen LogP contribution < -0.4 is 17.2 Å². The summed E-state index contributed by atoms with van der Waals surface area (Å²) in [5.74, 6) is -0.456. The Balaban J connectivity index is 2.33. The van der Waals surface area contributed by atoms with Gasteiger partial charge in [0.15, 0.2) is 5.96 Å². The molecule has 2 aromatic carbocycles. The molecule has 0 aliphatic rings. The Labute approximate surface area is 115 Å². The summed E-state index contributed by atoms with van der Waals surface area (Å²) >= 11 is 0. The van der Waals surface area contributed by atoms with Gasteiger partial charge in [0.05, 0.1) is 5.69 Å². The van der Waals surface area contributed by atoms with Crippen LogP contribution in [0.5, 0.6) is 0 Å². The van der Waals surface area contributed by atoms with Crippen molar-refractivity contribution in [2.45, 2.75) is 0 Å². The van der Waals surface area contributed by atoms with E-state index < -0.39 is 0 Å². The van der Waals surface area contributed by atoms with E-state index in [9.17, 15) is 4.39 Å². The summed E-state index contributed by atoms with van der Waals surface area (Å²) in [6.45, 7) is 0. The first-order valence-corrected chi connectivity index (χ1v) is 5.84. The molecule has 0 saturated heterocycles. The average Bonchev–Trinajstić information content (AvgIpc) is 2.38. The predicted molar refractivity (Wildman–Crippen MR) is 78.9 cm³/mol. The van der Waals surface area contributed by atoms with Gasteiger partial charge in [0.25, 0.3) is 0 Å². The lowest BCUT2D eigenvalue weighted by atomic mass is 10.1.